The van der Waals surface area contributed by atoms with Gasteiger partial charge in [0.15, 0.2) is 0 Å². The van der Waals surface area contributed by atoms with E-state index in [0.29, 0.717) is 6.54 Å². The summed E-state index contributed by atoms with van der Waals surface area (Å²) in [4.78, 5) is 26.9. The van der Waals surface area contributed by atoms with Gasteiger partial charge in [-0.1, -0.05) is 27.5 Å². The van der Waals surface area contributed by atoms with E-state index >= 15 is 0 Å². The predicted octanol–water partition coefficient (Wildman–Crippen LogP) is 3.66. The van der Waals surface area contributed by atoms with Crippen molar-refractivity contribution in [2.45, 2.75) is 13.5 Å². The number of thiophene rings is 1. The molecule has 25 heavy (non-hydrogen) atoms. The molecule has 2 rings (SSSR count). The number of aryl methyl sites for hydroxylation is 1. The molecule has 134 valence electrons. The lowest BCUT2D eigenvalue weighted by Gasteiger charge is -2.15. The van der Waals surface area contributed by atoms with Gasteiger partial charge in [-0.15, -0.1) is 11.3 Å². The summed E-state index contributed by atoms with van der Waals surface area (Å²) in [5.41, 5.74) is 1.68. The molecule has 0 atom stereocenters. The van der Waals surface area contributed by atoms with Gasteiger partial charge in [-0.3, -0.25) is 14.5 Å². The monoisotopic (exact) mass is 443 g/mol. The Hall–Kier alpha value is -1.41. The first-order valence-electron chi connectivity index (χ1n) is 7.59. The van der Waals surface area contributed by atoms with E-state index in [2.05, 4.69) is 26.6 Å². The van der Waals surface area contributed by atoms with Gasteiger partial charge in [0.2, 0.25) is 11.8 Å². The van der Waals surface area contributed by atoms with E-state index < -0.39 is 0 Å². The van der Waals surface area contributed by atoms with Crippen molar-refractivity contribution in [2.24, 2.45) is 0 Å². The van der Waals surface area contributed by atoms with Gasteiger partial charge in [-0.2, -0.15) is 0 Å². The summed E-state index contributed by atoms with van der Waals surface area (Å²) < 4.78 is 1.68. The zero-order valence-corrected chi connectivity index (χ0v) is 17.1. The molecule has 1 aromatic carbocycles. The Morgan fingerprint density at radius 3 is 2.64 bits per heavy atom. The highest BCUT2D eigenvalue weighted by atomic mass is 79.9. The van der Waals surface area contributed by atoms with Crippen LogP contribution in [0.2, 0.25) is 4.34 Å². The smallest absolute Gasteiger partial charge is 0.243 e. The molecule has 0 aliphatic heterocycles. The average molecular weight is 445 g/mol. The summed E-state index contributed by atoms with van der Waals surface area (Å²) in [5.74, 6) is -0.459. The maximum absolute atomic E-state index is 12.0. The molecule has 5 nitrogen and oxygen atoms in total. The van der Waals surface area contributed by atoms with E-state index in [-0.39, 0.29) is 24.9 Å². The van der Waals surface area contributed by atoms with Crippen molar-refractivity contribution in [3.63, 3.8) is 0 Å². The van der Waals surface area contributed by atoms with E-state index in [9.17, 15) is 9.59 Å². The van der Waals surface area contributed by atoms with Gasteiger partial charge in [0, 0.05) is 21.6 Å². The molecule has 0 spiro atoms. The van der Waals surface area contributed by atoms with Crippen LogP contribution < -0.4 is 10.6 Å². The molecule has 0 aliphatic carbocycles. The van der Waals surface area contributed by atoms with Gasteiger partial charge in [-0.05, 0) is 49.9 Å². The van der Waals surface area contributed by atoms with Crippen LogP contribution in [0.1, 0.15) is 10.4 Å². The third kappa shape index (κ3) is 6.78. The van der Waals surface area contributed by atoms with Crippen LogP contribution in [0.25, 0.3) is 0 Å². The number of anilines is 1. The number of rotatable bonds is 7. The summed E-state index contributed by atoms with van der Waals surface area (Å²) >= 11 is 10.8. The molecular formula is C17H19BrClN3O2S. The van der Waals surface area contributed by atoms with Crippen LogP contribution in [0.15, 0.2) is 34.8 Å². The SMILES string of the molecule is Cc1cc(Br)ccc1NC(=O)CNC(=O)CN(C)Cc1ccc(Cl)s1. The van der Waals surface area contributed by atoms with Crippen LogP contribution in [0.4, 0.5) is 5.69 Å². The van der Waals surface area contributed by atoms with E-state index in [1.165, 1.54) is 11.3 Å². The minimum atomic E-state index is -0.258. The Bertz CT molecular complexity index is 766. The Labute approximate surface area is 164 Å². The molecule has 2 N–H and O–H groups in total. The highest BCUT2D eigenvalue weighted by Crippen LogP contribution is 2.22. The number of likely N-dealkylation sites (N-methyl/N-ethyl adjacent to an activating group) is 1. The van der Waals surface area contributed by atoms with Crippen LogP contribution in [0.5, 0.6) is 0 Å². The lowest BCUT2D eigenvalue weighted by atomic mass is 10.2. The minimum absolute atomic E-state index is 0.0625. The molecule has 0 bridgehead atoms. The highest BCUT2D eigenvalue weighted by molar-refractivity contribution is 9.10. The first-order valence-corrected chi connectivity index (χ1v) is 9.57. The van der Waals surface area contributed by atoms with Crippen molar-refractivity contribution in [2.75, 3.05) is 25.5 Å². The fraction of sp³-hybridized carbons (Fsp3) is 0.294. The van der Waals surface area contributed by atoms with Gasteiger partial charge in [0.1, 0.15) is 0 Å². The maximum atomic E-state index is 12.0. The van der Waals surface area contributed by atoms with Gasteiger partial charge >= 0.3 is 0 Å². The highest BCUT2D eigenvalue weighted by Gasteiger charge is 2.11. The predicted molar refractivity (Wildman–Crippen MR) is 106 cm³/mol. The second kappa shape index (κ2) is 9.33. The lowest BCUT2D eigenvalue weighted by molar-refractivity contribution is -0.124. The molecule has 1 aromatic heterocycles. The molecule has 1 heterocycles. The van der Waals surface area contributed by atoms with Crippen LogP contribution >= 0.6 is 38.9 Å². The van der Waals surface area contributed by atoms with E-state index in [0.717, 1.165) is 24.9 Å². The number of nitrogens with one attached hydrogen (secondary N) is 2. The summed E-state index contributed by atoms with van der Waals surface area (Å²) in [7, 11) is 1.85. The third-order valence-corrected chi connectivity index (χ3v) is 5.09. The molecular weight excluding hydrogens is 426 g/mol. The van der Waals surface area contributed by atoms with Crippen molar-refractivity contribution < 1.29 is 9.59 Å². The van der Waals surface area contributed by atoms with E-state index in [4.69, 9.17) is 11.6 Å². The van der Waals surface area contributed by atoms with Gasteiger partial charge in [0.25, 0.3) is 0 Å². The largest absolute Gasteiger partial charge is 0.346 e. The van der Waals surface area contributed by atoms with Crippen LogP contribution in [0.3, 0.4) is 0 Å². The number of hydrogen-bond acceptors (Lipinski definition) is 4. The number of amides is 2. The number of carbonyl (C=O) groups is 2. The summed E-state index contributed by atoms with van der Waals surface area (Å²) in [6.07, 6.45) is 0. The number of carbonyl (C=O) groups excluding carboxylic acids is 2. The quantitative estimate of drug-likeness (QED) is 0.685. The zero-order chi connectivity index (χ0) is 18.4. The van der Waals surface area contributed by atoms with Crippen LogP contribution in [0, 0.1) is 6.92 Å². The molecule has 0 radical (unpaired) electrons. The second-order valence-electron chi connectivity index (χ2n) is 5.66. The van der Waals surface area contributed by atoms with Crippen molar-refractivity contribution in [3.05, 3.63) is 49.6 Å². The molecule has 0 fully saturated rings. The Balaban J connectivity index is 1.74. The molecule has 2 aromatic rings. The average Bonchev–Trinajstić information content (AvgIpc) is 2.93. The molecule has 0 aliphatic rings. The molecule has 8 heteroatoms. The first-order chi connectivity index (χ1) is 11.8. The topological polar surface area (TPSA) is 61.4 Å². The molecule has 0 saturated heterocycles. The molecule has 0 unspecified atom stereocenters. The van der Waals surface area contributed by atoms with E-state index in [1.54, 1.807) is 0 Å². The lowest BCUT2D eigenvalue weighted by Crippen LogP contribution is -2.39. The number of hydrogen-bond donors (Lipinski definition) is 2. The summed E-state index contributed by atoms with van der Waals surface area (Å²) in [6, 6.07) is 9.37. The number of halogens is 2. The van der Waals surface area contributed by atoms with Crippen LogP contribution in [-0.2, 0) is 16.1 Å². The summed E-state index contributed by atoms with van der Waals surface area (Å²) in [5, 5.41) is 5.42. The zero-order valence-electron chi connectivity index (χ0n) is 13.9. The molecule has 2 amide bonds. The fourth-order valence-electron chi connectivity index (χ4n) is 2.20. The van der Waals surface area contributed by atoms with Crippen LogP contribution in [-0.4, -0.2) is 36.9 Å². The minimum Gasteiger partial charge on any atom is -0.346 e. The van der Waals surface area contributed by atoms with Gasteiger partial charge < -0.3 is 10.6 Å². The third-order valence-electron chi connectivity index (χ3n) is 3.38. The normalized spacial score (nSPS) is 10.8. The second-order valence-corrected chi connectivity index (χ2v) is 8.38. The summed E-state index contributed by atoms with van der Waals surface area (Å²) in [6.45, 7) is 2.69. The molecule has 0 saturated carbocycles. The Morgan fingerprint density at radius 2 is 2.00 bits per heavy atom. The van der Waals surface area contributed by atoms with E-state index in [1.807, 2.05) is 49.2 Å². The number of nitrogens with zero attached hydrogens (tertiary/aromatic N) is 1. The van der Waals surface area contributed by atoms with Crippen molar-refractivity contribution in [1.82, 2.24) is 10.2 Å². The van der Waals surface area contributed by atoms with Crippen molar-refractivity contribution >= 4 is 56.4 Å². The first kappa shape index (κ1) is 19.9. The maximum Gasteiger partial charge on any atom is 0.243 e. The number of benzene rings is 1. The van der Waals surface area contributed by atoms with Gasteiger partial charge in [-0.25, -0.2) is 0 Å². The Morgan fingerprint density at radius 1 is 1.24 bits per heavy atom. The Kier molecular flexibility index (Phi) is 7.43. The van der Waals surface area contributed by atoms with Gasteiger partial charge in [0.05, 0.1) is 17.4 Å². The fourth-order valence-corrected chi connectivity index (χ4v) is 3.84. The van der Waals surface area contributed by atoms with Crippen molar-refractivity contribution in [3.8, 4) is 0 Å². The standard InChI is InChI=1S/C17H19BrClN3O2S/c1-11-7-12(18)3-5-14(11)21-16(23)8-20-17(24)10-22(2)9-13-4-6-15(19)25-13/h3-7H,8-10H2,1-2H3,(H,20,24)(H,21,23). The van der Waals surface area contributed by atoms with Crippen molar-refractivity contribution in [1.29, 1.82) is 0 Å².